The fraction of sp³-hybridized carbons (Fsp3) is 0.273. The number of hydrogen-bond acceptors (Lipinski definition) is 1. The van der Waals surface area contributed by atoms with E-state index in [1.807, 2.05) is 0 Å². The molecule has 0 saturated carbocycles. The van der Waals surface area contributed by atoms with Crippen LogP contribution in [0.4, 0.5) is 0 Å². The number of hydrogen-bond donors (Lipinski definition) is 0. The van der Waals surface area contributed by atoms with Crippen LogP contribution in [0.3, 0.4) is 0 Å². The van der Waals surface area contributed by atoms with Crippen LogP contribution >= 0.6 is 44.2 Å². The molecule has 1 nitrogen and oxygen atoms in total. The van der Waals surface area contributed by atoms with Gasteiger partial charge in [0.2, 0.25) is 0 Å². The Hall–Kier alpha value is 0.879. The SMILES string of the molecule is CN(C)CC1=C(Br)c2ccccc2[Se]1(Br)Br. The van der Waals surface area contributed by atoms with Crippen LogP contribution in [0.1, 0.15) is 5.56 Å². The number of fused-ring (bicyclic) bond motifs is 1. The molecule has 0 fully saturated rings. The molecule has 88 valence electrons. The van der Waals surface area contributed by atoms with Crippen molar-refractivity contribution in [1.82, 2.24) is 4.90 Å². The van der Waals surface area contributed by atoms with Crippen LogP contribution in [0.5, 0.6) is 0 Å². The van der Waals surface area contributed by atoms with E-state index < -0.39 is 9.23 Å². The van der Waals surface area contributed by atoms with Crippen LogP contribution in [0, 0.1) is 0 Å². The molecular formula is C11H12Br3NSe. The predicted molar refractivity (Wildman–Crippen MR) is 84.1 cm³/mol. The second-order valence-corrected chi connectivity index (χ2v) is 23.3. The second kappa shape index (κ2) is 4.87. The first-order valence-corrected chi connectivity index (χ1v) is 15.3. The molecule has 0 bridgehead atoms. The van der Waals surface area contributed by atoms with Gasteiger partial charge in [-0.2, -0.15) is 0 Å². The molecule has 0 unspecified atom stereocenters. The van der Waals surface area contributed by atoms with Crippen molar-refractivity contribution in [2.75, 3.05) is 20.6 Å². The summed E-state index contributed by atoms with van der Waals surface area (Å²) in [6, 6.07) is 8.58. The molecule has 0 aliphatic carbocycles. The van der Waals surface area contributed by atoms with Gasteiger partial charge in [-0.15, -0.1) is 0 Å². The van der Waals surface area contributed by atoms with Gasteiger partial charge in [-0.1, -0.05) is 0 Å². The van der Waals surface area contributed by atoms with Gasteiger partial charge in [0.05, 0.1) is 0 Å². The fourth-order valence-electron chi connectivity index (χ4n) is 1.70. The van der Waals surface area contributed by atoms with E-state index >= 15 is 0 Å². The Morgan fingerprint density at radius 3 is 2.38 bits per heavy atom. The Morgan fingerprint density at radius 1 is 1.19 bits per heavy atom. The zero-order valence-electron chi connectivity index (χ0n) is 9.01. The Balaban J connectivity index is 2.53. The van der Waals surface area contributed by atoms with E-state index in [9.17, 15) is 0 Å². The van der Waals surface area contributed by atoms with Crippen molar-refractivity contribution in [3.8, 4) is 0 Å². The summed E-state index contributed by atoms with van der Waals surface area (Å²) in [5, 5.41) is 0. The molecule has 16 heavy (non-hydrogen) atoms. The molecule has 0 atom stereocenters. The van der Waals surface area contributed by atoms with E-state index in [0.717, 1.165) is 6.54 Å². The molecule has 0 aromatic heterocycles. The second-order valence-electron chi connectivity index (χ2n) is 3.94. The molecule has 0 saturated heterocycles. The number of likely N-dealkylation sites (N-methyl/N-ethyl adjacent to an activating group) is 1. The molecule has 0 spiro atoms. The molecule has 1 aromatic carbocycles. The van der Waals surface area contributed by atoms with E-state index in [2.05, 4.69) is 87.4 Å². The third-order valence-corrected chi connectivity index (χ3v) is 15.5. The van der Waals surface area contributed by atoms with E-state index in [4.69, 9.17) is 0 Å². The zero-order chi connectivity index (χ0) is 11.9. The summed E-state index contributed by atoms with van der Waals surface area (Å²) in [7, 11) is 2.21. The van der Waals surface area contributed by atoms with Crippen molar-refractivity contribution in [1.29, 1.82) is 0 Å². The summed E-state index contributed by atoms with van der Waals surface area (Å²) in [5.41, 5.74) is 1.33. The number of halogens is 3. The molecular weight excluding hydrogens is 465 g/mol. The minimum absolute atomic E-state index is 0.978. The Labute approximate surface area is 121 Å². The van der Waals surface area contributed by atoms with Gasteiger partial charge in [0.1, 0.15) is 0 Å². The van der Waals surface area contributed by atoms with Crippen LogP contribution in [0.15, 0.2) is 28.7 Å². The predicted octanol–water partition coefficient (Wildman–Crippen LogP) is 3.35. The Morgan fingerprint density at radius 2 is 1.81 bits per heavy atom. The van der Waals surface area contributed by atoms with Crippen molar-refractivity contribution in [2.45, 2.75) is 0 Å². The monoisotopic (exact) mass is 475 g/mol. The van der Waals surface area contributed by atoms with E-state index in [-0.39, 0.29) is 0 Å². The van der Waals surface area contributed by atoms with Gasteiger partial charge >= 0.3 is 122 Å². The van der Waals surface area contributed by atoms with Gasteiger partial charge < -0.3 is 0 Å². The van der Waals surface area contributed by atoms with Gasteiger partial charge in [0.15, 0.2) is 0 Å². The van der Waals surface area contributed by atoms with Crippen molar-refractivity contribution in [3.05, 3.63) is 34.3 Å². The quantitative estimate of drug-likeness (QED) is 0.592. The van der Waals surface area contributed by atoms with Gasteiger partial charge in [-0.25, -0.2) is 0 Å². The van der Waals surface area contributed by atoms with Gasteiger partial charge in [-0.3, -0.25) is 0 Å². The Kier molecular flexibility index (Phi) is 4.05. The molecule has 1 aliphatic heterocycles. The Bertz CT molecular complexity index is 454. The molecule has 0 radical (unpaired) electrons. The van der Waals surface area contributed by atoms with Crippen molar-refractivity contribution in [3.63, 3.8) is 0 Å². The summed E-state index contributed by atoms with van der Waals surface area (Å²) in [6.07, 6.45) is 0. The first-order chi connectivity index (χ1) is 7.44. The molecule has 5 heteroatoms. The minimum atomic E-state index is -2.00. The maximum atomic E-state index is 3.93. The molecule has 0 N–H and O–H groups in total. The molecule has 0 amide bonds. The summed E-state index contributed by atoms with van der Waals surface area (Å²) < 4.78 is 4.13. The number of nitrogens with zero attached hydrogens (tertiary/aromatic N) is 1. The topological polar surface area (TPSA) is 3.24 Å². The van der Waals surface area contributed by atoms with Gasteiger partial charge in [0, 0.05) is 0 Å². The van der Waals surface area contributed by atoms with E-state index in [1.165, 1.54) is 19.0 Å². The molecule has 1 heterocycles. The summed E-state index contributed by atoms with van der Waals surface area (Å²) in [6.45, 7) is 0.978. The maximum absolute atomic E-state index is 3.93. The molecule has 2 rings (SSSR count). The van der Waals surface area contributed by atoms with Gasteiger partial charge in [0.25, 0.3) is 0 Å². The normalized spacial score (nSPS) is 20.1. The van der Waals surface area contributed by atoms with Crippen LogP contribution in [-0.4, -0.2) is 34.8 Å². The standard InChI is InChI=1S/C11H12Br3NSe/c1-15(2)7-10-11(12)8-5-3-4-6-9(8)16(10,13)14/h3-6H,7H2,1-2H3. The average molecular weight is 477 g/mol. The first kappa shape index (κ1) is 13.3. The van der Waals surface area contributed by atoms with Crippen molar-refractivity contribution >= 4 is 62.3 Å². The summed E-state index contributed by atoms with van der Waals surface area (Å²) >= 11 is 11.6. The third-order valence-electron chi connectivity index (χ3n) is 2.41. The van der Waals surface area contributed by atoms with E-state index in [1.54, 1.807) is 0 Å². The molecule has 1 aromatic rings. The summed E-state index contributed by atoms with van der Waals surface area (Å²) in [4.78, 5) is 2.21. The van der Waals surface area contributed by atoms with Crippen LogP contribution in [0.25, 0.3) is 4.48 Å². The van der Waals surface area contributed by atoms with Crippen LogP contribution in [-0.2, 0) is 0 Å². The third kappa shape index (κ3) is 2.23. The van der Waals surface area contributed by atoms with E-state index in [0.29, 0.717) is 0 Å². The first-order valence-electron chi connectivity index (χ1n) is 4.80. The average Bonchev–Trinajstić information content (AvgIpc) is 2.41. The molecule has 1 aliphatic rings. The zero-order valence-corrected chi connectivity index (χ0v) is 15.5. The summed E-state index contributed by atoms with van der Waals surface area (Å²) in [5.74, 6) is 0. The van der Waals surface area contributed by atoms with Crippen LogP contribution in [0.2, 0.25) is 0 Å². The number of rotatable bonds is 2. The van der Waals surface area contributed by atoms with Crippen LogP contribution < -0.4 is 4.46 Å². The van der Waals surface area contributed by atoms with Crippen molar-refractivity contribution in [2.24, 2.45) is 0 Å². The van der Waals surface area contributed by atoms with Gasteiger partial charge in [-0.05, 0) is 0 Å². The number of benzene rings is 1. The fourth-order valence-corrected chi connectivity index (χ4v) is 15.3. The van der Waals surface area contributed by atoms with Crippen molar-refractivity contribution < 1.29 is 0 Å².